The summed E-state index contributed by atoms with van der Waals surface area (Å²) in [5.41, 5.74) is 0.0967. The number of carbonyl (C=O) groups excluding carboxylic acids is 1. The Kier molecular flexibility index (Phi) is 2.62. The third kappa shape index (κ3) is 2.01. The van der Waals surface area contributed by atoms with E-state index in [1.54, 1.807) is 0 Å². The van der Waals surface area contributed by atoms with Crippen LogP contribution in [0.25, 0.3) is 0 Å². The van der Waals surface area contributed by atoms with Crippen LogP contribution in [0.2, 0.25) is 0 Å². The van der Waals surface area contributed by atoms with Crippen LogP contribution in [-0.4, -0.2) is 25.8 Å². The maximum Gasteiger partial charge on any atom is 0.214 e. The summed E-state index contributed by atoms with van der Waals surface area (Å²) in [4.78, 5) is 10.2. The van der Waals surface area contributed by atoms with Gasteiger partial charge in [0.2, 0.25) is 6.29 Å². The minimum atomic E-state index is -0.630. The van der Waals surface area contributed by atoms with Crippen LogP contribution in [0.1, 0.15) is 20.3 Å². The maximum atomic E-state index is 10.2. The molecule has 0 N–H and O–H groups in total. The van der Waals surface area contributed by atoms with Crippen LogP contribution < -0.4 is 0 Å². The van der Waals surface area contributed by atoms with Gasteiger partial charge in [0, 0.05) is 5.41 Å². The molecule has 0 saturated carbocycles. The molecule has 0 radical (unpaired) electrons. The molecule has 0 aliphatic carbocycles. The lowest BCUT2D eigenvalue weighted by molar-refractivity contribution is -0.213. The highest BCUT2D eigenvalue weighted by Crippen LogP contribution is 2.26. The average molecular weight is 158 g/mol. The zero-order valence-electron chi connectivity index (χ0n) is 7.00. The SMILES string of the molecule is CCC1(C)COC(C=O)OC1. The van der Waals surface area contributed by atoms with Crippen molar-refractivity contribution in [1.82, 2.24) is 0 Å². The van der Waals surface area contributed by atoms with Gasteiger partial charge < -0.3 is 9.47 Å². The first kappa shape index (κ1) is 8.68. The zero-order valence-corrected chi connectivity index (χ0v) is 7.00. The lowest BCUT2D eigenvalue weighted by Crippen LogP contribution is -2.39. The number of aldehydes is 1. The predicted octanol–water partition coefficient (Wildman–Crippen LogP) is 0.975. The van der Waals surface area contributed by atoms with E-state index in [0.29, 0.717) is 19.5 Å². The van der Waals surface area contributed by atoms with E-state index in [0.717, 1.165) is 6.42 Å². The van der Waals surface area contributed by atoms with E-state index in [4.69, 9.17) is 9.47 Å². The summed E-state index contributed by atoms with van der Waals surface area (Å²) < 4.78 is 10.3. The average Bonchev–Trinajstić information content (AvgIpc) is 2.06. The molecular formula is C8H14O3. The molecule has 64 valence electrons. The van der Waals surface area contributed by atoms with E-state index in [2.05, 4.69) is 13.8 Å². The molecule has 3 nitrogen and oxygen atoms in total. The van der Waals surface area contributed by atoms with Gasteiger partial charge in [-0.25, -0.2) is 0 Å². The standard InChI is InChI=1S/C8H14O3/c1-3-8(2)5-10-7(4-9)11-6-8/h4,7H,3,5-6H2,1-2H3. The second-order valence-corrected chi connectivity index (χ2v) is 3.29. The second-order valence-electron chi connectivity index (χ2n) is 3.29. The molecule has 1 heterocycles. The Morgan fingerprint density at radius 3 is 2.45 bits per heavy atom. The van der Waals surface area contributed by atoms with Crippen LogP contribution in [0.15, 0.2) is 0 Å². The summed E-state index contributed by atoms with van der Waals surface area (Å²) in [6.45, 7) is 5.42. The molecule has 0 aromatic carbocycles. The molecule has 0 bridgehead atoms. The summed E-state index contributed by atoms with van der Waals surface area (Å²) in [5.74, 6) is 0. The molecule has 0 unspecified atom stereocenters. The van der Waals surface area contributed by atoms with E-state index in [9.17, 15) is 4.79 Å². The van der Waals surface area contributed by atoms with Crippen molar-refractivity contribution < 1.29 is 14.3 Å². The van der Waals surface area contributed by atoms with E-state index in [1.807, 2.05) is 0 Å². The Balaban J connectivity index is 2.40. The Bertz CT molecular complexity index is 136. The topological polar surface area (TPSA) is 35.5 Å². The van der Waals surface area contributed by atoms with Gasteiger partial charge in [0.1, 0.15) is 0 Å². The van der Waals surface area contributed by atoms with E-state index in [-0.39, 0.29) is 5.41 Å². The van der Waals surface area contributed by atoms with Crippen molar-refractivity contribution in [3.63, 3.8) is 0 Å². The first-order valence-corrected chi connectivity index (χ1v) is 3.89. The van der Waals surface area contributed by atoms with Crippen LogP contribution in [0.5, 0.6) is 0 Å². The maximum absolute atomic E-state index is 10.2. The fraction of sp³-hybridized carbons (Fsp3) is 0.875. The molecule has 1 fully saturated rings. The fourth-order valence-corrected chi connectivity index (χ4v) is 0.939. The minimum Gasteiger partial charge on any atom is -0.346 e. The number of carbonyl (C=O) groups is 1. The van der Waals surface area contributed by atoms with Crippen LogP contribution >= 0.6 is 0 Å². The molecule has 11 heavy (non-hydrogen) atoms. The number of hydrogen-bond acceptors (Lipinski definition) is 3. The summed E-state index contributed by atoms with van der Waals surface area (Å²) in [6.07, 6.45) is 1.07. The summed E-state index contributed by atoms with van der Waals surface area (Å²) >= 11 is 0. The minimum absolute atomic E-state index is 0.0967. The first-order valence-electron chi connectivity index (χ1n) is 3.89. The van der Waals surface area contributed by atoms with Gasteiger partial charge in [-0.1, -0.05) is 13.8 Å². The Morgan fingerprint density at radius 1 is 1.55 bits per heavy atom. The monoisotopic (exact) mass is 158 g/mol. The van der Waals surface area contributed by atoms with Crippen molar-refractivity contribution in [2.24, 2.45) is 5.41 Å². The molecule has 0 aromatic rings. The van der Waals surface area contributed by atoms with Gasteiger partial charge in [-0.05, 0) is 6.42 Å². The zero-order chi connectivity index (χ0) is 8.32. The van der Waals surface area contributed by atoms with E-state index >= 15 is 0 Å². The van der Waals surface area contributed by atoms with Gasteiger partial charge in [0.05, 0.1) is 13.2 Å². The quantitative estimate of drug-likeness (QED) is 0.562. The van der Waals surface area contributed by atoms with Crippen molar-refractivity contribution in [2.45, 2.75) is 26.6 Å². The lowest BCUT2D eigenvalue weighted by Gasteiger charge is -2.34. The molecule has 0 atom stereocenters. The summed E-state index contributed by atoms with van der Waals surface area (Å²) in [5, 5.41) is 0. The van der Waals surface area contributed by atoms with Gasteiger partial charge in [-0.15, -0.1) is 0 Å². The normalized spacial score (nSPS) is 38.5. The third-order valence-electron chi connectivity index (χ3n) is 2.16. The van der Waals surface area contributed by atoms with Crippen molar-refractivity contribution in [3.05, 3.63) is 0 Å². The summed E-state index contributed by atoms with van der Waals surface area (Å²) in [6, 6.07) is 0. The molecule has 0 amide bonds. The van der Waals surface area contributed by atoms with Crippen molar-refractivity contribution in [3.8, 4) is 0 Å². The molecule has 1 rings (SSSR count). The van der Waals surface area contributed by atoms with Crippen LogP contribution in [0.4, 0.5) is 0 Å². The van der Waals surface area contributed by atoms with Crippen LogP contribution in [0, 0.1) is 5.41 Å². The third-order valence-corrected chi connectivity index (χ3v) is 2.16. The van der Waals surface area contributed by atoms with Gasteiger partial charge in [0.25, 0.3) is 0 Å². The van der Waals surface area contributed by atoms with Crippen molar-refractivity contribution >= 4 is 6.29 Å². The van der Waals surface area contributed by atoms with Crippen LogP contribution in [0.3, 0.4) is 0 Å². The number of ether oxygens (including phenoxy) is 2. The largest absolute Gasteiger partial charge is 0.346 e. The number of hydrogen-bond donors (Lipinski definition) is 0. The fourth-order valence-electron chi connectivity index (χ4n) is 0.939. The molecular weight excluding hydrogens is 144 g/mol. The van der Waals surface area contributed by atoms with Crippen molar-refractivity contribution in [2.75, 3.05) is 13.2 Å². The molecule has 1 aliphatic heterocycles. The summed E-state index contributed by atoms with van der Waals surface area (Å²) in [7, 11) is 0. The molecule has 3 heteroatoms. The Hall–Kier alpha value is -0.410. The molecule has 0 spiro atoms. The molecule has 1 aliphatic rings. The Labute approximate surface area is 66.7 Å². The first-order chi connectivity index (χ1) is 5.20. The van der Waals surface area contributed by atoms with Gasteiger partial charge in [-0.2, -0.15) is 0 Å². The molecule has 0 aromatic heterocycles. The predicted molar refractivity (Wildman–Crippen MR) is 40.2 cm³/mol. The van der Waals surface area contributed by atoms with Gasteiger partial charge in [-0.3, -0.25) is 4.79 Å². The van der Waals surface area contributed by atoms with Crippen LogP contribution in [-0.2, 0) is 14.3 Å². The highest BCUT2D eigenvalue weighted by Gasteiger charge is 2.30. The highest BCUT2D eigenvalue weighted by atomic mass is 16.7. The van der Waals surface area contributed by atoms with E-state index in [1.165, 1.54) is 0 Å². The Morgan fingerprint density at radius 2 is 2.09 bits per heavy atom. The smallest absolute Gasteiger partial charge is 0.214 e. The lowest BCUT2D eigenvalue weighted by atomic mass is 9.89. The van der Waals surface area contributed by atoms with E-state index < -0.39 is 6.29 Å². The highest BCUT2D eigenvalue weighted by molar-refractivity contribution is 5.53. The number of rotatable bonds is 2. The second kappa shape index (κ2) is 3.32. The van der Waals surface area contributed by atoms with Crippen molar-refractivity contribution in [1.29, 1.82) is 0 Å². The molecule has 1 saturated heterocycles. The van der Waals surface area contributed by atoms with Gasteiger partial charge in [0.15, 0.2) is 6.29 Å². The van der Waals surface area contributed by atoms with Gasteiger partial charge >= 0.3 is 0 Å².